The molecular weight excluding hydrogens is 176 g/mol. The lowest BCUT2D eigenvalue weighted by molar-refractivity contribution is 0.692. The van der Waals surface area contributed by atoms with Crippen molar-refractivity contribution < 1.29 is 0 Å². The van der Waals surface area contributed by atoms with Crippen molar-refractivity contribution in [2.45, 2.75) is 32.2 Å². The molecule has 4 heteroatoms. The van der Waals surface area contributed by atoms with Crippen molar-refractivity contribution in [2.24, 2.45) is 5.92 Å². The van der Waals surface area contributed by atoms with E-state index in [0.29, 0.717) is 11.9 Å². The minimum Gasteiger partial charge on any atom is -0.382 e. The molecule has 1 aliphatic carbocycles. The molecule has 76 valence electrons. The Labute approximate surface area is 83.9 Å². The van der Waals surface area contributed by atoms with Gasteiger partial charge < -0.3 is 11.1 Å². The molecule has 1 aromatic heterocycles. The van der Waals surface area contributed by atoms with Crippen molar-refractivity contribution in [3.05, 3.63) is 12.4 Å². The number of anilines is 2. The number of nitrogens with one attached hydrogen (secondary N) is 1. The molecule has 0 aliphatic heterocycles. The number of nitrogens with two attached hydrogens (primary N) is 1. The number of nitrogens with zero attached hydrogens (tertiary/aromatic N) is 2. The van der Waals surface area contributed by atoms with Crippen LogP contribution in [0, 0.1) is 5.92 Å². The molecule has 3 N–H and O–H groups in total. The van der Waals surface area contributed by atoms with Gasteiger partial charge in [-0.25, -0.2) is 9.97 Å². The van der Waals surface area contributed by atoms with E-state index in [4.69, 9.17) is 5.73 Å². The SMILES string of the molecule is CCCC1CC1Nc1cnc(N)cn1. The Morgan fingerprint density at radius 1 is 1.50 bits per heavy atom. The lowest BCUT2D eigenvalue weighted by Crippen LogP contribution is -2.06. The molecule has 1 fully saturated rings. The van der Waals surface area contributed by atoms with E-state index in [1.807, 2.05) is 0 Å². The standard InChI is InChI=1S/C10H16N4/c1-2-3-7-4-8(7)14-10-6-12-9(11)5-13-10/h5-8H,2-4H2,1H3,(H2,11,12)(H,13,14). The summed E-state index contributed by atoms with van der Waals surface area (Å²) < 4.78 is 0. The topological polar surface area (TPSA) is 63.8 Å². The van der Waals surface area contributed by atoms with Gasteiger partial charge in [0.1, 0.15) is 11.6 Å². The van der Waals surface area contributed by atoms with Gasteiger partial charge >= 0.3 is 0 Å². The van der Waals surface area contributed by atoms with Gasteiger partial charge in [-0.3, -0.25) is 0 Å². The van der Waals surface area contributed by atoms with Crippen LogP contribution in [0.5, 0.6) is 0 Å². The third-order valence-corrected chi connectivity index (χ3v) is 2.59. The van der Waals surface area contributed by atoms with E-state index in [2.05, 4.69) is 22.2 Å². The number of nitrogen functional groups attached to an aromatic ring is 1. The van der Waals surface area contributed by atoms with E-state index in [-0.39, 0.29) is 0 Å². The largest absolute Gasteiger partial charge is 0.382 e. The average Bonchev–Trinajstić information content (AvgIpc) is 2.89. The molecule has 0 saturated heterocycles. The summed E-state index contributed by atoms with van der Waals surface area (Å²) in [5.74, 6) is 2.14. The third-order valence-electron chi connectivity index (χ3n) is 2.59. The average molecular weight is 192 g/mol. The first-order valence-corrected chi connectivity index (χ1v) is 5.13. The van der Waals surface area contributed by atoms with Gasteiger partial charge in [-0.15, -0.1) is 0 Å². The molecule has 2 unspecified atom stereocenters. The summed E-state index contributed by atoms with van der Waals surface area (Å²) in [4.78, 5) is 8.14. The Balaban J connectivity index is 1.84. The molecule has 2 rings (SSSR count). The molecule has 4 nitrogen and oxygen atoms in total. The van der Waals surface area contributed by atoms with Crippen LogP contribution in [0.2, 0.25) is 0 Å². The van der Waals surface area contributed by atoms with Gasteiger partial charge in [0.2, 0.25) is 0 Å². The predicted molar refractivity (Wildman–Crippen MR) is 56.9 cm³/mol. The number of rotatable bonds is 4. The second kappa shape index (κ2) is 3.82. The zero-order chi connectivity index (χ0) is 9.97. The van der Waals surface area contributed by atoms with Crippen LogP contribution in [-0.2, 0) is 0 Å². The lowest BCUT2D eigenvalue weighted by atomic mass is 10.2. The zero-order valence-corrected chi connectivity index (χ0v) is 8.40. The van der Waals surface area contributed by atoms with Crippen molar-refractivity contribution >= 4 is 11.6 Å². The molecule has 2 atom stereocenters. The van der Waals surface area contributed by atoms with E-state index >= 15 is 0 Å². The second-order valence-electron chi connectivity index (χ2n) is 3.86. The normalized spacial score (nSPS) is 24.6. The fourth-order valence-corrected chi connectivity index (χ4v) is 1.72. The van der Waals surface area contributed by atoms with E-state index in [1.165, 1.54) is 19.3 Å². The fraction of sp³-hybridized carbons (Fsp3) is 0.600. The highest BCUT2D eigenvalue weighted by Crippen LogP contribution is 2.36. The number of hydrogen-bond acceptors (Lipinski definition) is 4. The molecule has 14 heavy (non-hydrogen) atoms. The summed E-state index contributed by atoms with van der Waals surface area (Å²) in [5.41, 5.74) is 5.45. The molecule has 0 bridgehead atoms. The molecule has 0 spiro atoms. The highest BCUT2D eigenvalue weighted by Gasteiger charge is 2.36. The van der Waals surface area contributed by atoms with Crippen molar-refractivity contribution in [1.29, 1.82) is 0 Å². The first-order valence-electron chi connectivity index (χ1n) is 5.13. The first-order chi connectivity index (χ1) is 6.79. The molecule has 1 aliphatic rings. The van der Waals surface area contributed by atoms with Crippen LogP contribution in [0.25, 0.3) is 0 Å². The van der Waals surface area contributed by atoms with Crippen LogP contribution >= 0.6 is 0 Å². The summed E-state index contributed by atoms with van der Waals surface area (Å²) in [5, 5.41) is 3.35. The number of hydrogen-bond donors (Lipinski definition) is 2. The summed E-state index contributed by atoms with van der Waals surface area (Å²) in [6, 6.07) is 0.605. The Morgan fingerprint density at radius 2 is 2.36 bits per heavy atom. The maximum absolute atomic E-state index is 5.45. The van der Waals surface area contributed by atoms with Crippen LogP contribution in [0.3, 0.4) is 0 Å². The van der Waals surface area contributed by atoms with E-state index in [1.54, 1.807) is 12.4 Å². The van der Waals surface area contributed by atoms with Gasteiger partial charge in [0.05, 0.1) is 12.4 Å². The number of aromatic nitrogens is 2. The summed E-state index contributed by atoms with van der Waals surface area (Å²) in [6.07, 6.45) is 7.10. The van der Waals surface area contributed by atoms with E-state index in [9.17, 15) is 0 Å². The van der Waals surface area contributed by atoms with Crippen molar-refractivity contribution in [3.63, 3.8) is 0 Å². The smallest absolute Gasteiger partial charge is 0.144 e. The Hall–Kier alpha value is -1.32. The molecule has 0 aromatic carbocycles. The van der Waals surface area contributed by atoms with Gasteiger partial charge in [-0.2, -0.15) is 0 Å². The van der Waals surface area contributed by atoms with Crippen LogP contribution in [0.4, 0.5) is 11.6 Å². The van der Waals surface area contributed by atoms with Crippen LogP contribution < -0.4 is 11.1 Å². The van der Waals surface area contributed by atoms with Crippen LogP contribution in [0.15, 0.2) is 12.4 Å². The maximum atomic E-state index is 5.45. The molecule has 1 heterocycles. The quantitative estimate of drug-likeness (QED) is 0.761. The summed E-state index contributed by atoms with van der Waals surface area (Å²) in [7, 11) is 0. The van der Waals surface area contributed by atoms with Gasteiger partial charge in [0.15, 0.2) is 0 Å². The van der Waals surface area contributed by atoms with Crippen molar-refractivity contribution in [1.82, 2.24) is 9.97 Å². The predicted octanol–water partition coefficient (Wildman–Crippen LogP) is 1.66. The van der Waals surface area contributed by atoms with Crippen molar-refractivity contribution in [3.8, 4) is 0 Å². The molecule has 0 amide bonds. The van der Waals surface area contributed by atoms with Gasteiger partial charge in [-0.1, -0.05) is 13.3 Å². The van der Waals surface area contributed by atoms with E-state index in [0.717, 1.165) is 11.7 Å². The van der Waals surface area contributed by atoms with Gasteiger partial charge in [0.25, 0.3) is 0 Å². The minimum atomic E-state index is 0.469. The van der Waals surface area contributed by atoms with Crippen LogP contribution in [0.1, 0.15) is 26.2 Å². The summed E-state index contributed by atoms with van der Waals surface area (Å²) in [6.45, 7) is 2.22. The molecule has 0 radical (unpaired) electrons. The highest BCUT2D eigenvalue weighted by molar-refractivity contribution is 5.38. The summed E-state index contributed by atoms with van der Waals surface area (Å²) >= 11 is 0. The lowest BCUT2D eigenvalue weighted by Gasteiger charge is -2.03. The van der Waals surface area contributed by atoms with Gasteiger partial charge in [0, 0.05) is 6.04 Å². The Bertz CT molecular complexity index is 295. The van der Waals surface area contributed by atoms with Crippen molar-refractivity contribution in [2.75, 3.05) is 11.1 Å². The fourth-order valence-electron chi connectivity index (χ4n) is 1.72. The van der Waals surface area contributed by atoms with E-state index < -0.39 is 0 Å². The van der Waals surface area contributed by atoms with Gasteiger partial charge in [-0.05, 0) is 18.8 Å². The Kier molecular flexibility index (Phi) is 2.52. The maximum Gasteiger partial charge on any atom is 0.144 e. The molecular formula is C10H16N4. The molecule has 1 aromatic rings. The minimum absolute atomic E-state index is 0.469. The third kappa shape index (κ3) is 2.13. The molecule has 1 saturated carbocycles. The monoisotopic (exact) mass is 192 g/mol. The second-order valence-corrected chi connectivity index (χ2v) is 3.86. The first kappa shape index (κ1) is 9.24. The Morgan fingerprint density at radius 3 is 3.00 bits per heavy atom. The zero-order valence-electron chi connectivity index (χ0n) is 8.40. The highest BCUT2D eigenvalue weighted by atomic mass is 15.1. The van der Waals surface area contributed by atoms with Crippen LogP contribution in [-0.4, -0.2) is 16.0 Å².